The number of halogens is 1. The van der Waals surface area contributed by atoms with Gasteiger partial charge in [-0.25, -0.2) is 0 Å². The lowest BCUT2D eigenvalue weighted by Crippen LogP contribution is -2.39. The normalized spacial score (nSPS) is 30.4. The van der Waals surface area contributed by atoms with Gasteiger partial charge in [0, 0.05) is 5.75 Å². The maximum Gasteiger partial charge on any atom is 0.110 e. The molecule has 0 spiro atoms. The Kier molecular flexibility index (Phi) is 3.10. The molecule has 0 aromatic carbocycles. The van der Waals surface area contributed by atoms with Crippen molar-refractivity contribution in [3.8, 4) is 0 Å². The van der Waals surface area contributed by atoms with Crippen LogP contribution >= 0.6 is 34.7 Å². The standard InChI is InChI=1S/C11H15ClOS2/c1-10(2)5-11(13,7-14-6-10)9-8(12)3-4-15-9/h3-4,13H,5-7H2,1-2H3. The van der Waals surface area contributed by atoms with Gasteiger partial charge in [-0.2, -0.15) is 11.8 Å². The fraction of sp³-hybridized carbons (Fsp3) is 0.636. The molecule has 0 saturated carbocycles. The van der Waals surface area contributed by atoms with Crippen LogP contribution in [0.4, 0.5) is 0 Å². The molecule has 2 heterocycles. The van der Waals surface area contributed by atoms with Gasteiger partial charge in [-0.1, -0.05) is 25.4 Å². The van der Waals surface area contributed by atoms with Gasteiger partial charge >= 0.3 is 0 Å². The minimum absolute atomic E-state index is 0.186. The monoisotopic (exact) mass is 262 g/mol. The third-order valence-electron chi connectivity index (χ3n) is 2.64. The van der Waals surface area contributed by atoms with Crippen molar-refractivity contribution in [1.29, 1.82) is 0 Å². The predicted octanol–water partition coefficient (Wildman–Crippen LogP) is 3.75. The molecule has 1 N–H and O–H groups in total. The molecule has 0 radical (unpaired) electrons. The Morgan fingerprint density at radius 1 is 1.40 bits per heavy atom. The Bertz CT molecular complexity index is 361. The van der Waals surface area contributed by atoms with Crippen LogP contribution in [0.3, 0.4) is 0 Å². The minimum atomic E-state index is -0.725. The first-order valence-corrected chi connectivity index (χ1v) is 7.38. The van der Waals surface area contributed by atoms with Gasteiger partial charge in [0.1, 0.15) is 5.60 Å². The maximum absolute atomic E-state index is 10.7. The van der Waals surface area contributed by atoms with E-state index in [2.05, 4.69) is 13.8 Å². The number of aliphatic hydroxyl groups is 1. The first-order chi connectivity index (χ1) is 6.93. The van der Waals surface area contributed by atoms with Crippen LogP contribution in [0.1, 0.15) is 25.1 Å². The lowest BCUT2D eigenvalue weighted by molar-refractivity contribution is 0.0191. The van der Waals surface area contributed by atoms with E-state index < -0.39 is 5.60 Å². The number of thiophene rings is 1. The SMILES string of the molecule is CC1(C)CSCC(O)(c2sccc2Cl)C1. The van der Waals surface area contributed by atoms with Crippen LogP contribution in [0.15, 0.2) is 11.4 Å². The van der Waals surface area contributed by atoms with Crippen LogP contribution in [0.25, 0.3) is 0 Å². The number of hydrogen-bond donors (Lipinski definition) is 1. The molecule has 1 saturated heterocycles. The van der Waals surface area contributed by atoms with Crippen LogP contribution in [-0.2, 0) is 5.60 Å². The smallest absolute Gasteiger partial charge is 0.110 e. The van der Waals surface area contributed by atoms with Gasteiger partial charge in [-0.15, -0.1) is 11.3 Å². The van der Waals surface area contributed by atoms with Crippen molar-refractivity contribution in [1.82, 2.24) is 0 Å². The molecule has 84 valence electrons. The lowest BCUT2D eigenvalue weighted by Gasteiger charge is -2.40. The van der Waals surface area contributed by atoms with Crippen molar-refractivity contribution in [2.45, 2.75) is 25.9 Å². The molecule has 1 fully saturated rings. The number of thioether (sulfide) groups is 1. The van der Waals surface area contributed by atoms with Crippen molar-refractivity contribution < 1.29 is 5.11 Å². The highest BCUT2D eigenvalue weighted by molar-refractivity contribution is 7.99. The van der Waals surface area contributed by atoms with Gasteiger partial charge < -0.3 is 5.11 Å². The van der Waals surface area contributed by atoms with Crippen molar-refractivity contribution >= 4 is 34.7 Å². The van der Waals surface area contributed by atoms with E-state index in [0.717, 1.165) is 22.8 Å². The molecule has 1 aromatic rings. The highest BCUT2D eigenvalue weighted by Crippen LogP contribution is 2.47. The van der Waals surface area contributed by atoms with Gasteiger partial charge in [-0.05, 0) is 29.0 Å². The Hall–Kier alpha value is 0.300. The molecule has 0 amide bonds. The summed E-state index contributed by atoms with van der Waals surface area (Å²) >= 11 is 9.47. The van der Waals surface area contributed by atoms with E-state index in [-0.39, 0.29) is 5.41 Å². The molecular weight excluding hydrogens is 248 g/mol. The fourth-order valence-electron chi connectivity index (χ4n) is 2.16. The average molecular weight is 263 g/mol. The van der Waals surface area contributed by atoms with Crippen LogP contribution < -0.4 is 0 Å². The Labute approximate surface area is 104 Å². The minimum Gasteiger partial charge on any atom is -0.383 e. The average Bonchev–Trinajstić information content (AvgIpc) is 2.49. The van der Waals surface area contributed by atoms with Crippen LogP contribution in [0, 0.1) is 5.41 Å². The molecular formula is C11H15ClOS2. The van der Waals surface area contributed by atoms with E-state index >= 15 is 0 Å². The Morgan fingerprint density at radius 2 is 2.13 bits per heavy atom. The first-order valence-electron chi connectivity index (χ1n) is 4.97. The number of hydrogen-bond acceptors (Lipinski definition) is 3. The zero-order valence-corrected chi connectivity index (χ0v) is 11.3. The Morgan fingerprint density at radius 3 is 2.67 bits per heavy atom. The first kappa shape index (κ1) is 11.8. The van der Waals surface area contributed by atoms with E-state index in [1.54, 1.807) is 11.3 Å². The van der Waals surface area contributed by atoms with Crippen molar-refractivity contribution in [3.05, 3.63) is 21.3 Å². The topological polar surface area (TPSA) is 20.2 Å². The van der Waals surface area contributed by atoms with Crippen molar-refractivity contribution in [3.63, 3.8) is 0 Å². The van der Waals surface area contributed by atoms with E-state index in [0.29, 0.717) is 5.02 Å². The molecule has 1 nitrogen and oxygen atoms in total. The largest absolute Gasteiger partial charge is 0.383 e. The lowest BCUT2D eigenvalue weighted by atomic mass is 9.81. The molecule has 4 heteroatoms. The van der Waals surface area contributed by atoms with E-state index in [1.807, 2.05) is 23.2 Å². The molecule has 1 aliphatic rings. The van der Waals surface area contributed by atoms with Crippen LogP contribution in [0.5, 0.6) is 0 Å². The zero-order chi connectivity index (χ0) is 11.1. The summed E-state index contributed by atoms with van der Waals surface area (Å²) in [6.45, 7) is 4.40. The summed E-state index contributed by atoms with van der Waals surface area (Å²) in [4.78, 5) is 0.935. The summed E-state index contributed by atoms with van der Waals surface area (Å²) in [5.41, 5.74) is -0.539. The van der Waals surface area contributed by atoms with Gasteiger partial charge in [-0.3, -0.25) is 0 Å². The van der Waals surface area contributed by atoms with Gasteiger partial charge in [0.15, 0.2) is 0 Å². The van der Waals surface area contributed by atoms with E-state index in [1.165, 1.54) is 0 Å². The third kappa shape index (κ3) is 2.36. The summed E-state index contributed by atoms with van der Waals surface area (Å²) in [6, 6.07) is 1.87. The van der Waals surface area contributed by atoms with Gasteiger partial charge in [0.05, 0.1) is 9.90 Å². The quantitative estimate of drug-likeness (QED) is 0.832. The summed E-state index contributed by atoms with van der Waals surface area (Å²) in [7, 11) is 0. The predicted molar refractivity (Wildman–Crippen MR) is 68.9 cm³/mol. The molecule has 0 bridgehead atoms. The second-order valence-corrected chi connectivity index (χ2v) is 7.27. The highest BCUT2D eigenvalue weighted by Gasteiger charge is 2.42. The summed E-state index contributed by atoms with van der Waals surface area (Å²) in [5, 5.41) is 13.3. The summed E-state index contributed by atoms with van der Waals surface area (Å²) in [5.74, 6) is 1.87. The molecule has 15 heavy (non-hydrogen) atoms. The van der Waals surface area contributed by atoms with E-state index in [9.17, 15) is 5.11 Å². The molecule has 0 aliphatic carbocycles. The summed E-state index contributed by atoms with van der Waals surface area (Å²) < 4.78 is 0. The second-order valence-electron chi connectivity index (χ2n) is 4.96. The van der Waals surface area contributed by atoms with Gasteiger partial charge in [0.2, 0.25) is 0 Å². The molecule has 1 aromatic heterocycles. The van der Waals surface area contributed by atoms with Crippen molar-refractivity contribution in [2.75, 3.05) is 11.5 Å². The van der Waals surface area contributed by atoms with Crippen LogP contribution in [-0.4, -0.2) is 16.6 Å². The van der Waals surface area contributed by atoms with Gasteiger partial charge in [0.25, 0.3) is 0 Å². The Balaban J connectivity index is 2.31. The molecule has 1 atom stereocenters. The maximum atomic E-state index is 10.7. The zero-order valence-electron chi connectivity index (χ0n) is 8.92. The molecule has 1 unspecified atom stereocenters. The highest BCUT2D eigenvalue weighted by atomic mass is 35.5. The van der Waals surface area contributed by atoms with E-state index in [4.69, 9.17) is 11.6 Å². The summed E-state index contributed by atoms with van der Waals surface area (Å²) in [6.07, 6.45) is 0.799. The fourth-order valence-corrected chi connectivity index (χ4v) is 4.93. The second kappa shape index (κ2) is 3.95. The van der Waals surface area contributed by atoms with Crippen LogP contribution in [0.2, 0.25) is 5.02 Å². The third-order valence-corrected chi connectivity index (χ3v) is 5.85. The molecule has 2 rings (SSSR count). The van der Waals surface area contributed by atoms with Crippen molar-refractivity contribution in [2.24, 2.45) is 5.41 Å². The number of rotatable bonds is 1. The molecule has 1 aliphatic heterocycles.